The second kappa shape index (κ2) is 6.38. The Kier molecular flexibility index (Phi) is 4.76. The number of benzene rings is 1. The van der Waals surface area contributed by atoms with Gasteiger partial charge in [-0.1, -0.05) is 12.1 Å². The van der Waals surface area contributed by atoms with Gasteiger partial charge in [0.05, 0.1) is 16.5 Å². The molecule has 0 saturated carbocycles. The van der Waals surface area contributed by atoms with Crippen molar-refractivity contribution in [3.63, 3.8) is 0 Å². The third-order valence-electron chi connectivity index (χ3n) is 2.89. The molecule has 0 unspecified atom stereocenters. The minimum Gasteiger partial charge on any atom is -0.354 e. The number of para-hydroxylation sites is 1. The summed E-state index contributed by atoms with van der Waals surface area (Å²) in [6, 6.07) is 4.75. The van der Waals surface area contributed by atoms with E-state index in [9.17, 15) is 22.8 Å². The smallest absolute Gasteiger partial charge is 0.354 e. The number of thioether (sulfide) groups is 1. The highest BCUT2D eigenvalue weighted by atomic mass is 32.2. The summed E-state index contributed by atoms with van der Waals surface area (Å²) < 4.78 is 38.4. The average molecular weight is 318 g/mol. The van der Waals surface area contributed by atoms with Crippen LogP contribution in [0.1, 0.15) is 12.0 Å². The molecule has 1 aromatic carbocycles. The zero-order valence-corrected chi connectivity index (χ0v) is 11.7. The Morgan fingerprint density at radius 1 is 1.38 bits per heavy atom. The first-order valence-corrected chi connectivity index (χ1v) is 7.28. The summed E-state index contributed by atoms with van der Waals surface area (Å²) in [5, 5.41) is 4.29. The Hall–Kier alpha value is -1.70. The van der Waals surface area contributed by atoms with E-state index in [-0.39, 0.29) is 18.0 Å². The minimum atomic E-state index is -4.54. The van der Waals surface area contributed by atoms with Crippen LogP contribution in [-0.4, -0.2) is 29.4 Å². The molecule has 1 heterocycles. The van der Waals surface area contributed by atoms with Gasteiger partial charge in [0.15, 0.2) is 0 Å². The maximum Gasteiger partial charge on any atom is 0.418 e. The van der Waals surface area contributed by atoms with E-state index in [4.69, 9.17) is 0 Å². The van der Waals surface area contributed by atoms with E-state index in [1.54, 1.807) is 0 Å². The number of amides is 2. The Morgan fingerprint density at radius 2 is 2.10 bits per heavy atom. The van der Waals surface area contributed by atoms with Crippen molar-refractivity contribution in [3.8, 4) is 0 Å². The van der Waals surface area contributed by atoms with Gasteiger partial charge in [0.2, 0.25) is 11.8 Å². The van der Waals surface area contributed by atoms with Crippen LogP contribution in [0.3, 0.4) is 0 Å². The van der Waals surface area contributed by atoms with Crippen molar-refractivity contribution in [2.24, 2.45) is 0 Å². The van der Waals surface area contributed by atoms with Crippen molar-refractivity contribution in [1.29, 1.82) is 0 Å². The number of nitrogens with one attached hydrogen (secondary N) is 2. The Bertz CT molecular complexity index is 548. The highest BCUT2D eigenvalue weighted by molar-refractivity contribution is 8.00. The Labute approximate surface area is 123 Å². The van der Waals surface area contributed by atoms with Gasteiger partial charge in [-0.15, -0.1) is 11.8 Å². The summed E-state index contributed by atoms with van der Waals surface area (Å²) in [7, 11) is 0. The molecule has 0 aromatic heterocycles. The van der Waals surface area contributed by atoms with E-state index in [1.807, 2.05) is 0 Å². The maximum absolute atomic E-state index is 12.8. The third kappa shape index (κ3) is 4.13. The largest absolute Gasteiger partial charge is 0.418 e. The molecule has 2 N–H and O–H groups in total. The number of carbonyl (C=O) groups is 2. The van der Waals surface area contributed by atoms with Crippen molar-refractivity contribution < 1.29 is 22.8 Å². The van der Waals surface area contributed by atoms with Crippen LogP contribution < -0.4 is 10.6 Å². The molecule has 21 heavy (non-hydrogen) atoms. The number of hydrogen-bond acceptors (Lipinski definition) is 3. The van der Waals surface area contributed by atoms with Crippen LogP contribution >= 0.6 is 11.8 Å². The lowest BCUT2D eigenvalue weighted by molar-refractivity contribution is -0.137. The van der Waals surface area contributed by atoms with Crippen LogP contribution in [0.25, 0.3) is 0 Å². The summed E-state index contributed by atoms with van der Waals surface area (Å²) in [6.07, 6.45) is -4.69. The standard InChI is InChI=1S/C13H13F3N2O2S/c14-13(15,16)8-3-1-2-4-9(8)18-11(19)7-10-12(20)17-5-6-21-10/h1-4,10H,5-7H2,(H,17,20)(H,18,19)/t10-/m1/s1. The Balaban J connectivity index is 2.05. The summed E-state index contributed by atoms with van der Waals surface area (Å²) in [6.45, 7) is 0.540. The van der Waals surface area contributed by atoms with Gasteiger partial charge in [-0.25, -0.2) is 0 Å². The lowest BCUT2D eigenvalue weighted by Crippen LogP contribution is -2.41. The topological polar surface area (TPSA) is 58.2 Å². The first kappa shape index (κ1) is 15.7. The summed E-state index contributed by atoms with van der Waals surface area (Å²) in [4.78, 5) is 23.4. The second-order valence-electron chi connectivity index (χ2n) is 4.45. The molecule has 2 rings (SSSR count). The molecule has 8 heteroatoms. The SMILES string of the molecule is O=C(C[C@H]1SCCNC1=O)Nc1ccccc1C(F)(F)F. The molecule has 2 amide bonds. The van der Waals surface area contributed by atoms with Crippen LogP contribution in [0.15, 0.2) is 24.3 Å². The number of hydrogen-bond donors (Lipinski definition) is 2. The molecule has 0 bridgehead atoms. The molecule has 1 aromatic rings. The molecule has 0 radical (unpaired) electrons. The molecule has 1 aliphatic heterocycles. The van der Waals surface area contributed by atoms with Crippen LogP contribution in [0.2, 0.25) is 0 Å². The highest BCUT2D eigenvalue weighted by Crippen LogP contribution is 2.34. The number of rotatable bonds is 3. The summed E-state index contributed by atoms with van der Waals surface area (Å²) in [5.41, 5.74) is -1.20. The quantitative estimate of drug-likeness (QED) is 0.899. The van der Waals surface area contributed by atoms with E-state index in [0.717, 1.165) is 6.07 Å². The van der Waals surface area contributed by atoms with Gasteiger partial charge in [-0.3, -0.25) is 9.59 Å². The molecular weight excluding hydrogens is 305 g/mol. The predicted octanol–water partition coefficient (Wildman–Crippen LogP) is 2.27. The predicted molar refractivity (Wildman–Crippen MR) is 73.9 cm³/mol. The van der Waals surface area contributed by atoms with Gasteiger partial charge in [-0.05, 0) is 12.1 Å². The van der Waals surface area contributed by atoms with E-state index in [2.05, 4.69) is 10.6 Å². The molecule has 1 aliphatic rings. The molecule has 114 valence electrons. The molecule has 0 spiro atoms. The normalized spacial score (nSPS) is 19.0. The Morgan fingerprint density at radius 3 is 2.76 bits per heavy atom. The molecule has 0 aliphatic carbocycles. The highest BCUT2D eigenvalue weighted by Gasteiger charge is 2.34. The zero-order chi connectivity index (χ0) is 15.5. The van der Waals surface area contributed by atoms with E-state index in [0.29, 0.717) is 12.3 Å². The molecule has 1 fully saturated rings. The van der Waals surface area contributed by atoms with Gasteiger partial charge in [0.25, 0.3) is 0 Å². The average Bonchev–Trinajstić information content (AvgIpc) is 2.41. The lowest BCUT2D eigenvalue weighted by Gasteiger charge is -2.21. The molecule has 1 saturated heterocycles. The lowest BCUT2D eigenvalue weighted by atomic mass is 10.1. The number of anilines is 1. The number of carbonyl (C=O) groups excluding carboxylic acids is 2. The first-order valence-electron chi connectivity index (χ1n) is 6.23. The maximum atomic E-state index is 12.8. The minimum absolute atomic E-state index is 0.150. The van der Waals surface area contributed by atoms with E-state index in [1.165, 1.54) is 30.0 Å². The van der Waals surface area contributed by atoms with Crippen LogP contribution in [0, 0.1) is 0 Å². The third-order valence-corrected chi connectivity index (χ3v) is 4.11. The monoisotopic (exact) mass is 318 g/mol. The van der Waals surface area contributed by atoms with Crippen LogP contribution in [0.5, 0.6) is 0 Å². The van der Waals surface area contributed by atoms with Crippen molar-refractivity contribution in [2.45, 2.75) is 17.8 Å². The van der Waals surface area contributed by atoms with Gasteiger partial charge in [-0.2, -0.15) is 13.2 Å². The fraction of sp³-hybridized carbons (Fsp3) is 0.385. The molecule has 4 nitrogen and oxygen atoms in total. The van der Waals surface area contributed by atoms with Crippen LogP contribution in [-0.2, 0) is 15.8 Å². The fourth-order valence-corrected chi connectivity index (χ4v) is 2.93. The van der Waals surface area contributed by atoms with Crippen molar-refractivity contribution >= 4 is 29.3 Å². The van der Waals surface area contributed by atoms with Crippen LogP contribution in [0.4, 0.5) is 18.9 Å². The zero-order valence-electron chi connectivity index (χ0n) is 10.9. The van der Waals surface area contributed by atoms with Crippen molar-refractivity contribution in [3.05, 3.63) is 29.8 Å². The fourth-order valence-electron chi connectivity index (χ4n) is 1.93. The van der Waals surface area contributed by atoms with Crippen molar-refractivity contribution in [2.75, 3.05) is 17.6 Å². The van der Waals surface area contributed by atoms with Gasteiger partial charge in [0, 0.05) is 18.7 Å². The van der Waals surface area contributed by atoms with Crippen molar-refractivity contribution in [1.82, 2.24) is 5.32 Å². The first-order chi connectivity index (χ1) is 9.88. The molecular formula is C13H13F3N2O2S. The number of halogens is 3. The second-order valence-corrected chi connectivity index (χ2v) is 5.76. The summed E-state index contributed by atoms with van der Waals surface area (Å²) >= 11 is 1.32. The van der Waals surface area contributed by atoms with Gasteiger partial charge < -0.3 is 10.6 Å². The summed E-state index contributed by atoms with van der Waals surface area (Å²) in [5.74, 6) is -0.185. The van der Waals surface area contributed by atoms with E-state index < -0.39 is 22.9 Å². The molecule has 1 atom stereocenters. The van der Waals surface area contributed by atoms with Gasteiger partial charge >= 0.3 is 6.18 Å². The van der Waals surface area contributed by atoms with E-state index >= 15 is 0 Å². The number of alkyl halides is 3. The van der Waals surface area contributed by atoms with Gasteiger partial charge in [0.1, 0.15) is 0 Å².